The summed E-state index contributed by atoms with van der Waals surface area (Å²) in [7, 11) is 0. The fourth-order valence-corrected chi connectivity index (χ4v) is 12.7. The van der Waals surface area contributed by atoms with E-state index in [1.165, 1.54) is 5.57 Å². The van der Waals surface area contributed by atoms with Crippen LogP contribution in [0.25, 0.3) is 0 Å². The molecule has 6 aliphatic rings. The fourth-order valence-electron chi connectivity index (χ4n) is 12.7. The minimum Gasteiger partial charge on any atom is -0.394 e. The van der Waals surface area contributed by atoms with Gasteiger partial charge in [-0.15, -0.1) is 0 Å². The van der Waals surface area contributed by atoms with Crippen molar-refractivity contribution >= 4 is 0 Å². The maximum Gasteiger partial charge on any atom is 0.187 e. The predicted molar refractivity (Wildman–Crippen MR) is 202 cm³/mol. The SMILES string of the molecule is CC(CCC(OC1OC(CO)C(O)C(OC2OC(CO)C(O)C(O)C2O)C1O)C(C)(C)O)C1CCC2(C)C3CC=C4C(CCC(O)C4(C)C)C3(C)C(O)CC12C. The Labute approximate surface area is 331 Å². The first-order valence-corrected chi connectivity index (χ1v) is 21.0. The zero-order valence-electron chi connectivity index (χ0n) is 34.6. The van der Waals surface area contributed by atoms with E-state index in [0.717, 1.165) is 32.1 Å². The second-order valence-electron chi connectivity index (χ2n) is 20.2. The van der Waals surface area contributed by atoms with Crippen molar-refractivity contribution in [2.24, 2.45) is 45.3 Å². The van der Waals surface area contributed by atoms with Crippen molar-refractivity contribution in [3.63, 3.8) is 0 Å². The quantitative estimate of drug-likeness (QED) is 0.132. The summed E-state index contributed by atoms with van der Waals surface area (Å²) in [6.07, 6.45) is -8.96. The predicted octanol–water partition coefficient (Wildman–Crippen LogP) is 1.12. The van der Waals surface area contributed by atoms with E-state index in [2.05, 4.69) is 47.6 Å². The van der Waals surface area contributed by atoms with Crippen molar-refractivity contribution < 1.29 is 70.0 Å². The van der Waals surface area contributed by atoms with Crippen molar-refractivity contribution in [2.75, 3.05) is 13.2 Å². The van der Waals surface area contributed by atoms with Crippen LogP contribution in [-0.4, -0.2) is 150 Å². The molecule has 0 radical (unpaired) electrons. The zero-order valence-corrected chi connectivity index (χ0v) is 34.6. The van der Waals surface area contributed by atoms with Crippen molar-refractivity contribution in [3.05, 3.63) is 11.6 Å². The molecule has 2 aliphatic heterocycles. The molecule has 6 rings (SSSR count). The number of hydrogen-bond donors (Lipinski definition) is 10. The van der Waals surface area contributed by atoms with Gasteiger partial charge in [0.05, 0.1) is 37.1 Å². The molecule has 56 heavy (non-hydrogen) atoms. The second kappa shape index (κ2) is 15.9. The molecule has 20 atom stereocenters. The lowest BCUT2D eigenvalue weighted by Gasteiger charge is -2.67. The molecule has 0 aromatic carbocycles. The summed E-state index contributed by atoms with van der Waals surface area (Å²) in [4.78, 5) is 0. The average Bonchev–Trinajstić information content (AvgIpc) is 3.40. The van der Waals surface area contributed by atoms with E-state index in [0.29, 0.717) is 19.3 Å². The van der Waals surface area contributed by atoms with Gasteiger partial charge < -0.3 is 70.0 Å². The van der Waals surface area contributed by atoms with E-state index in [-0.39, 0.29) is 51.4 Å². The highest BCUT2D eigenvalue weighted by atomic mass is 16.7. The first-order chi connectivity index (χ1) is 26.0. The highest BCUT2D eigenvalue weighted by molar-refractivity contribution is 5.31. The summed E-state index contributed by atoms with van der Waals surface area (Å²) < 4.78 is 23.3. The van der Waals surface area contributed by atoms with Gasteiger partial charge in [0, 0.05) is 10.8 Å². The third-order valence-electron chi connectivity index (χ3n) is 16.6. The van der Waals surface area contributed by atoms with Crippen molar-refractivity contribution in [1.29, 1.82) is 0 Å². The van der Waals surface area contributed by atoms with Crippen LogP contribution in [0.1, 0.15) is 107 Å². The van der Waals surface area contributed by atoms with Gasteiger partial charge in [0.1, 0.15) is 48.8 Å². The summed E-state index contributed by atoms with van der Waals surface area (Å²) in [5, 5.41) is 108. The third-order valence-corrected chi connectivity index (χ3v) is 16.6. The van der Waals surface area contributed by atoms with Crippen LogP contribution in [0.3, 0.4) is 0 Å². The van der Waals surface area contributed by atoms with Gasteiger partial charge in [-0.05, 0) is 99.7 Å². The normalized spacial score (nSPS) is 50.3. The van der Waals surface area contributed by atoms with E-state index in [1.54, 1.807) is 13.8 Å². The van der Waals surface area contributed by atoms with Gasteiger partial charge in [0.25, 0.3) is 0 Å². The maximum atomic E-state index is 12.3. The van der Waals surface area contributed by atoms with Gasteiger partial charge in [-0.1, -0.05) is 53.2 Å². The second-order valence-corrected chi connectivity index (χ2v) is 20.2. The van der Waals surface area contributed by atoms with E-state index in [4.69, 9.17) is 18.9 Å². The Morgan fingerprint density at radius 1 is 0.768 bits per heavy atom. The number of ether oxygens (including phenoxy) is 4. The number of aliphatic hydroxyl groups is 10. The number of hydrogen-bond acceptors (Lipinski definition) is 14. The van der Waals surface area contributed by atoms with Gasteiger partial charge in [-0.3, -0.25) is 0 Å². The molecule has 0 aromatic heterocycles. The monoisotopic (exact) mass is 800 g/mol. The third kappa shape index (κ3) is 7.16. The Kier molecular flexibility index (Phi) is 12.7. The number of allylic oxidation sites excluding steroid dienone is 1. The summed E-state index contributed by atoms with van der Waals surface area (Å²) in [6.45, 7) is 15.4. The Bertz CT molecular complexity index is 1400. The Hall–Kier alpha value is -0.820. The van der Waals surface area contributed by atoms with Gasteiger partial charge in [0.15, 0.2) is 12.6 Å². The first-order valence-electron chi connectivity index (χ1n) is 21.0. The van der Waals surface area contributed by atoms with Crippen molar-refractivity contribution in [1.82, 2.24) is 0 Å². The topological polar surface area (TPSA) is 239 Å². The lowest BCUT2D eigenvalue weighted by atomic mass is 9.38. The summed E-state index contributed by atoms with van der Waals surface area (Å²) in [5.41, 5.74) is -0.895. The van der Waals surface area contributed by atoms with Crippen LogP contribution in [0.15, 0.2) is 11.6 Å². The number of aliphatic hydroxyl groups excluding tert-OH is 9. The molecule has 14 nitrogen and oxygen atoms in total. The molecule has 324 valence electrons. The molecule has 14 heteroatoms. The molecular weight excluding hydrogens is 728 g/mol. The van der Waals surface area contributed by atoms with Crippen LogP contribution >= 0.6 is 0 Å². The molecule has 2 saturated heterocycles. The number of rotatable bonds is 11. The lowest BCUT2D eigenvalue weighted by Crippen LogP contribution is -2.65. The Morgan fingerprint density at radius 3 is 2.02 bits per heavy atom. The minimum atomic E-state index is -1.80. The lowest BCUT2D eigenvalue weighted by molar-refractivity contribution is -0.367. The smallest absolute Gasteiger partial charge is 0.187 e. The Balaban J connectivity index is 1.16. The molecule has 0 amide bonds. The molecular formula is C42H72O14. The summed E-state index contributed by atoms with van der Waals surface area (Å²) in [6, 6.07) is 0. The van der Waals surface area contributed by atoms with E-state index >= 15 is 0 Å². The fraction of sp³-hybridized carbons (Fsp3) is 0.952. The van der Waals surface area contributed by atoms with Crippen molar-refractivity contribution in [3.8, 4) is 0 Å². The number of fused-ring (bicyclic) bond motifs is 5. The van der Waals surface area contributed by atoms with E-state index in [9.17, 15) is 51.1 Å². The van der Waals surface area contributed by atoms with Crippen LogP contribution in [0.2, 0.25) is 0 Å². The van der Waals surface area contributed by atoms with Gasteiger partial charge in [-0.25, -0.2) is 0 Å². The molecule has 0 aromatic rings. The molecule has 0 spiro atoms. The summed E-state index contributed by atoms with van der Waals surface area (Å²) >= 11 is 0. The van der Waals surface area contributed by atoms with Crippen LogP contribution in [0.4, 0.5) is 0 Å². The van der Waals surface area contributed by atoms with Crippen LogP contribution in [0, 0.1) is 45.3 Å². The molecule has 2 heterocycles. The molecule has 4 aliphatic carbocycles. The summed E-state index contributed by atoms with van der Waals surface area (Å²) in [5.74, 6) is 0.970. The maximum absolute atomic E-state index is 12.3. The van der Waals surface area contributed by atoms with Gasteiger partial charge >= 0.3 is 0 Å². The highest BCUT2D eigenvalue weighted by Crippen LogP contribution is 2.75. The molecule has 10 N–H and O–H groups in total. The Morgan fingerprint density at radius 2 is 1.39 bits per heavy atom. The highest BCUT2D eigenvalue weighted by Gasteiger charge is 2.70. The molecule has 5 fully saturated rings. The van der Waals surface area contributed by atoms with Crippen molar-refractivity contribution in [2.45, 2.75) is 192 Å². The largest absolute Gasteiger partial charge is 0.394 e. The van der Waals surface area contributed by atoms with Crippen LogP contribution in [-0.2, 0) is 18.9 Å². The minimum absolute atomic E-state index is 0.0234. The molecule has 3 saturated carbocycles. The van der Waals surface area contributed by atoms with Crippen LogP contribution < -0.4 is 0 Å². The standard InChI is InChI=1S/C42H72O14/c1-20(21-15-16-40(6)26-12-10-22-23(11-13-27(45)38(22,2)3)42(26,8)28(46)17-41(21,40)7)9-14-29(39(4,5)52)55-37-34(51)35(31(48)25(19-44)54-37)56-36-33(50)32(49)30(47)24(18-43)53-36/h10,20-21,23-37,43-52H,9,11-19H2,1-8H3. The van der Waals surface area contributed by atoms with Gasteiger partial charge in [-0.2, -0.15) is 0 Å². The van der Waals surface area contributed by atoms with Crippen LogP contribution in [0.5, 0.6) is 0 Å². The van der Waals surface area contributed by atoms with E-state index < -0.39 is 92.4 Å². The first kappa shape index (κ1) is 44.7. The van der Waals surface area contributed by atoms with E-state index in [1.807, 2.05) is 0 Å². The van der Waals surface area contributed by atoms with Gasteiger partial charge in [0.2, 0.25) is 0 Å². The zero-order chi connectivity index (χ0) is 41.5. The molecule has 20 unspecified atom stereocenters. The molecule has 0 bridgehead atoms. The average molecular weight is 801 g/mol.